The highest BCUT2D eigenvalue weighted by molar-refractivity contribution is 7.12. The Bertz CT molecular complexity index is 1390. The second kappa shape index (κ2) is 12.2. The Kier molecular flexibility index (Phi) is 9.28. The van der Waals surface area contributed by atoms with Gasteiger partial charge in [-0.2, -0.15) is 0 Å². The second-order valence-corrected chi connectivity index (χ2v) is 10.9. The number of Topliss-reactive ketones (excluding diaryl/α,β-unsaturated/α-hetero) is 1. The fraction of sp³-hybridized carbons (Fsp3) is 0.393. The van der Waals surface area contributed by atoms with Crippen LogP contribution in [-0.2, 0) is 16.8 Å². The van der Waals surface area contributed by atoms with Crippen LogP contribution in [0.5, 0.6) is 28.7 Å². The zero-order valence-electron chi connectivity index (χ0n) is 23.0. The number of hydrogen-bond donors (Lipinski definition) is 3. The molecule has 0 aliphatic carbocycles. The molecule has 1 amide bonds. The van der Waals surface area contributed by atoms with E-state index >= 15 is 0 Å². The van der Waals surface area contributed by atoms with Gasteiger partial charge in [0.05, 0.1) is 39.4 Å². The van der Waals surface area contributed by atoms with Crippen molar-refractivity contribution in [3.05, 3.63) is 46.4 Å². The van der Waals surface area contributed by atoms with Gasteiger partial charge in [0.15, 0.2) is 33.6 Å². The molecule has 0 spiro atoms. The molecule has 0 bridgehead atoms. The number of aromatic nitrogens is 1. The molecule has 3 aromatic rings. The number of hydrogen-bond acceptors (Lipinski definition) is 9. The molecule has 0 radical (unpaired) electrons. The number of primary amides is 1. The molecular weight excluding hydrogens is 522 g/mol. The summed E-state index contributed by atoms with van der Waals surface area (Å²) in [5.74, 6) is 0.673. The summed E-state index contributed by atoms with van der Waals surface area (Å²) in [5, 5.41) is 18.7. The summed E-state index contributed by atoms with van der Waals surface area (Å²) in [5.41, 5.74) is 6.77. The number of methoxy groups -OCH3 is 3. The van der Waals surface area contributed by atoms with Gasteiger partial charge in [0.1, 0.15) is 0 Å². The van der Waals surface area contributed by atoms with Gasteiger partial charge in [0.2, 0.25) is 11.7 Å². The number of nitrogens with zero attached hydrogens (tertiary/aromatic N) is 1. The number of ketones is 1. The van der Waals surface area contributed by atoms with E-state index in [1.165, 1.54) is 25.6 Å². The third kappa shape index (κ3) is 6.91. The van der Waals surface area contributed by atoms with Crippen molar-refractivity contribution in [3.8, 4) is 39.2 Å². The first-order valence-electron chi connectivity index (χ1n) is 12.3. The van der Waals surface area contributed by atoms with Gasteiger partial charge >= 0.3 is 0 Å². The Balaban J connectivity index is 1.95. The minimum absolute atomic E-state index is 0.0707. The van der Waals surface area contributed by atoms with Crippen LogP contribution < -0.4 is 29.5 Å². The monoisotopic (exact) mass is 557 g/mol. The molecule has 0 unspecified atom stereocenters. The van der Waals surface area contributed by atoms with Crippen molar-refractivity contribution in [2.24, 2.45) is 5.73 Å². The van der Waals surface area contributed by atoms with E-state index in [0.29, 0.717) is 33.9 Å². The van der Waals surface area contributed by atoms with Crippen molar-refractivity contribution in [1.29, 1.82) is 5.41 Å². The Morgan fingerprint density at radius 2 is 1.67 bits per heavy atom. The summed E-state index contributed by atoms with van der Waals surface area (Å²) < 4.78 is 23.6. The minimum Gasteiger partial charge on any atom is -0.502 e. The Morgan fingerprint density at radius 3 is 2.21 bits per heavy atom. The fourth-order valence-electron chi connectivity index (χ4n) is 3.99. The van der Waals surface area contributed by atoms with Gasteiger partial charge in [-0.15, -0.1) is 0 Å². The van der Waals surface area contributed by atoms with E-state index in [2.05, 4.69) is 0 Å². The summed E-state index contributed by atoms with van der Waals surface area (Å²) in [6, 6.07) is 6.73. The Labute approximate surface area is 231 Å². The van der Waals surface area contributed by atoms with Gasteiger partial charge in [-0.3, -0.25) is 15.0 Å². The quantitative estimate of drug-likeness (QED) is 0.223. The van der Waals surface area contributed by atoms with Crippen molar-refractivity contribution in [1.82, 2.24) is 4.57 Å². The van der Waals surface area contributed by atoms with Crippen LogP contribution >= 0.6 is 11.3 Å². The van der Waals surface area contributed by atoms with Crippen LogP contribution in [0, 0.1) is 5.41 Å². The zero-order valence-corrected chi connectivity index (χ0v) is 23.9. The minimum atomic E-state index is -0.410. The maximum absolute atomic E-state index is 13.5. The summed E-state index contributed by atoms with van der Waals surface area (Å²) in [6.07, 6.45) is 2.34. The largest absolute Gasteiger partial charge is 0.502 e. The maximum Gasteiger partial charge on any atom is 0.217 e. The van der Waals surface area contributed by atoms with E-state index in [0.717, 1.165) is 5.56 Å². The molecule has 3 rings (SSSR count). The lowest BCUT2D eigenvalue weighted by atomic mass is 9.84. The number of amides is 1. The highest BCUT2D eigenvalue weighted by Gasteiger charge is 2.25. The van der Waals surface area contributed by atoms with E-state index in [-0.39, 0.29) is 52.8 Å². The molecule has 4 N–H and O–H groups in total. The summed E-state index contributed by atoms with van der Waals surface area (Å²) >= 11 is 1.18. The number of carbonyl (C=O) groups is 2. The van der Waals surface area contributed by atoms with Crippen LogP contribution in [0.15, 0.2) is 30.5 Å². The third-order valence-electron chi connectivity index (χ3n) is 6.03. The van der Waals surface area contributed by atoms with Crippen molar-refractivity contribution in [3.63, 3.8) is 0 Å². The Hall–Kier alpha value is -3.99. The summed E-state index contributed by atoms with van der Waals surface area (Å²) in [7, 11) is 4.43. The maximum atomic E-state index is 13.5. The number of phenolic OH excluding ortho intramolecular Hbond substituents is 1. The van der Waals surface area contributed by atoms with Gasteiger partial charge in [0.25, 0.3) is 0 Å². The second-order valence-electron chi connectivity index (χ2n) is 9.90. The first-order valence-corrected chi connectivity index (χ1v) is 13.1. The van der Waals surface area contributed by atoms with E-state index in [4.69, 9.17) is 30.1 Å². The van der Waals surface area contributed by atoms with Crippen molar-refractivity contribution in [2.75, 3.05) is 27.9 Å². The molecule has 0 aliphatic rings. The summed E-state index contributed by atoms with van der Waals surface area (Å²) in [6.45, 7) is 6.20. The van der Waals surface area contributed by atoms with E-state index < -0.39 is 5.91 Å². The number of nitrogens with two attached hydrogens (primary N) is 1. The molecule has 1 heterocycles. The van der Waals surface area contributed by atoms with E-state index in [1.807, 2.05) is 20.8 Å². The van der Waals surface area contributed by atoms with Gasteiger partial charge < -0.3 is 34.4 Å². The number of ether oxygens (including phenoxy) is 4. The molecule has 1 aromatic heterocycles. The average Bonchev–Trinajstić information content (AvgIpc) is 3.25. The molecule has 0 atom stereocenters. The smallest absolute Gasteiger partial charge is 0.217 e. The van der Waals surface area contributed by atoms with Crippen molar-refractivity contribution < 1.29 is 33.6 Å². The van der Waals surface area contributed by atoms with Crippen molar-refractivity contribution >= 4 is 23.0 Å². The van der Waals surface area contributed by atoms with Crippen LogP contribution in [-0.4, -0.2) is 49.3 Å². The molecule has 11 heteroatoms. The average molecular weight is 558 g/mol. The first kappa shape index (κ1) is 29.6. The molecule has 210 valence electrons. The third-order valence-corrected chi connectivity index (χ3v) is 7.02. The molecule has 39 heavy (non-hydrogen) atoms. The molecule has 0 aliphatic heterocycles. The molecule has 2 aromatic carbocycles. The predicted molar refractivity (Wildman–Crippen MR) is 148 cm³/mol. The number of phenols is 1. The van der Waals surface area contributed by atoms with Gasteiger partial charge in [-0.05, 0) is 36.1 Å². The number of thiazole rings is 1. The van der Waals surface area contributed by atoms with Crippen LogP contribution in [0.2, 0.25) is 0 Å². The standard InChI is InChI=1S/C28H35N3O7S/c1-28(2,3)18-10-16(11-22(26(18)37-6)38-9-7-8-24(29)33)19(32)14-31-15-23(39-27(31)30)17-12-20(35-4)25(34)21(13-17)36-5/h10-13,15,30,34H,7-9,14H2,1-6H3,(H2,29,33). The fourth-order valence-corrected chi connectivity index (χ4v) is 4.85. The first-order chi connectivity index (χ1) is 18.4. The number of carbonyl (C=O) groups excluding carboxylic acids is 2. The van der Waals surface area contributed by atoms with E-state index in [1.54, 1.807) is 42.1 Å². The number of benzene rings is 2. The SMILES string of the molecule is COc1cc(-c2cn(CC(=O)c3cc(OCCCC(N)=O)c(OC)c(C(C)(C)C)c3)c(=N)s2)cc(OC)c1O. The molecular formula is C28H35N3O7S. The van der Waals surface area contributed by atoms with Crippen LogP contribution in [0.1, 0.15) is 49.5 Å². The van der Waals surface area contributed by atoms with Crippen molar-refractivity contribution in [2.45, 2.75) is 45.6 Å². The van der Waals surface area contributed by atoms with Crippen LogP contribution in [0.25, 0.3) is 10.4 Å². The van der Waals surface area contributed by atoms with E-state index in [9.17, 15) is 14.7 Å². The Morgan fingerprint density at radius 1 is 1.03 bits per heavy atom. The zero-order chi connectivity index (χ0) is 28.9. The highest BCUT2D eigenvalue weighted by Crippen LogP contribution is 2.42. The highest BCUT2D eigenvalue weighted by atomic mass is 32.1. The number of nitrogens with one attached hydrogen (secondary N) is 1. The lowest BCUT2D eigenvalue weighted by molar-refractivity contribution is -0.118. The van der Waals surface area contributed by atoms with Crippen LogP contribution in [0.3, 0.4) is 0 Å². The number of rotatable bonds is 12. The predicted octanol–water partition coefficient (Wildman–Crippen LogP) is 4.25. The van der Waals surface area contributed by atoms with Gasteiger partial charge in [-0.25, -0.2) is 0 Å². The van der Waals surface area contributed by atoms with Gasteiger partial charge in [-0.1, -0.05) is 32.1 Å². The molecule has 0 saturated carbocycles. The topological polar surface area (TPSA) is 146 Å². The normalized spacial score (nSPS) is 11.2. The molecule has 0 saturated heterocycles. The van der Waals surface area contributed by atoms with Crippen LogP contribution in [0.4, 0.5) is 0 Å². The summed E-state index contributed by atoms with van der Waals surface area (Å²) in [4.78, 5) is 25.4. The number of aromatic hydroxyl groups is 1. The molecule has 0 fully saturated rings. The lowest BCUT2D eigenvalue weighted by Gasteiger charge is -2.25. The van der Waals surface area contributed by atoms with Gasteiger partial charge in [0, 0.05) is 29.3 Å². The lowest BCUT2D eigenvalue weighted by Crippen LogP contribution is -2.20. The molecule has 10 nitrogen and oxygen atoms in total.